The maximum atomic E-state index is 5.55. The number of nitrogens with one attached hydrogen (secondary N) is 1. The Morgan fingerprint density at radius 2 is 1.95 bits per heavy atom. The minimum Gasteiger partial charge on any atom is -0.379 e. The van der Waals surface area contributed by atoms with Gasteiger partial charge in [0.2, 0.25) is 0 Å². The normalized spacial score (nSPS) is 13.2. The van der Waals surface area contributed by atoms with Crippen molar-refractivity contribution in [3.05, 3.63) is 30.1 Å². The summed E-state index contributed by atoms with van der Waals surface area (Å²) in [6.45, 7) is 8.16. The van der Waals surface area contributed by atoms with Gasteiger partial charge in [0.15, 0.2) is 0 Å². The number of fused-ring (bicyclic) bond motifs is 1. The van der Waals surface area contributed by atoms with Crippen molar-refractivity contribution in [2.45, 2.75) is 45.8 Å². The lowest BCUT2D eigenvalue weighted by Crippen LogP contribution is -2.23. The molecule has 0 aliphatic heterocycles. The molecule has 21 heavy (non-hydrogen) atoms. The molecule has 2 aromatic rings. The van der Waals surface area contributed by atoms with Crippen molar-refractivity contribution in [3.63, 3.8) is 0 Å². The number of para-hydroxylation sites is 2. The third kappa shape index (κ3) is 4.29. The number of rotatable bonds is 8. The quantitative estimate of drug-likeness (QED) is 0.757. The maximum absolute atomic E-state index is 5.55. The highest BCUT2D eigenvalue weighted by Crippen LogP contribution is 2.18. The Morgan fingerprint density at radius 3 is 2.67 bits per heavy atom. The molecule has 0 bridgehead atoms. The number of nitrogens with zero attached hydrogens (tertiary/aromatic N) is 2. The van der Waals surface area contributed by atoms with Gasteiger partial charge in [-0.3, -0.25) is 0 Å². The first-order valence-corrected chi connectivity index (χ1v) is 7.86. The van der Waals surface area contributed by atoms with Crippen LogP contribution in [-0.4, -0.2) is 28.8 Å². The molecule has 0 aliphatic rings. The van der Waals surface area contributed by atoms with Crippen LogP contribution in [0.1, 0.15) is 45.5 Å². The van der Waals surface area contributed by atoms with Crippen LogP contribution in [-0.2, 0) is 11.8 Å². The van der Waals surface area contributed by atoms with E-state index in [9.17, 15) is 0 Å². The van der Waals surface area contributed by atoms with Gasteiger partial charge in [-0.2, -0.15) is 0 Å². The van der Waals surface area contributed by atoms with E-state index in [1.807, 2.05) is 6.07 Å². The lowest BCUT2D eigenvalue weighted by molar-refractivity contribution is 0.0759. The number of hydrogen-bond donors (Lipinski definition) is 1. The van der Waals surface area contributed by atoms with E-state index in [1.54, 1.807) is 0 Å². The molecule has 0 amide bonds. The van der Waals surface area contributed by atoms with E-state index in [-0.39, 0.29) is 6.04 Å². The van der Waals surface area contributed by atoms with E-state index in [0.29, 0.717) is 6.10 Å². The summed E-state index contributed by atoms with van der Waals surface area (Å²) in [6, 6.07) is 8.52. The van der Waals surface area contributed by atoms with Crippen LogP contribution < -0.4 is 5.32 Å². The van der Waals surface area contributed by atoms with Crippen LogP contribution in [0.3, 0.4) is 0 Å². The molecule has 1 unspecified atom stereocenters. The van der Waals surface area contributed by atoms with Crippen LogP contribution in [0.4, 0.5) is 0 Å². The van der Waals surface area contributed by atoms with Crippen LogP contribution in [0.25, 0.3) is 11.0 Å². The fraction of sp³-hybridized carbons (Fsp3) is 0.588. The summed E-state index contributed by atoms with van der Waals surface area (Å²) >= 11 is 0. The van der Waals surface area contributed by atoms with Crippen molar-refractivity contribution in [2.24, 2.45) is 7.05 Å². The van der Waals surface area contributed by atoms with Gasteiger partial charge in [0.1, 0.15) is 5.82 Å². The summed E-state index contributed by atoms with van der Waals surface area (Å²) in [5, 5.41) is 3.55. The minimum absolute atomic E-state index is 0.258. The third-order valence-electron chi connectivity index (χ3n) is 3.68. The Kier molecular flexibility index (Phi) is 5.76. The highest BCUT2D eigenvalue weighted by atomic mass is 16.5. The summed E-state index contributed by atoms with van der Waals surface area (Å²) in [4.78, 5) is 4.73. The molecule has 1 atom stereocenters. The smallest absolute Gasteiger partial charge is 0.126 e. The summed E-state index contributed by atoms with van der Waals surface area (Å²) < 4.78 is 7.72. The van der Waals surface area contributed by atoms with E-state index in [2.05, 4.69) is 55.9 Å². The SMILES string of the molecule is CC(C)OCCCCNC(C)c1nc2ccccc2n1C. The summed E-state index contributed by atoms with van der Waals surface area (Å²) in [6.07, 6.45) is 2.55. The zero-order chi connectivity index (χ0) is 15.2. The minimum atomic E-state index is 0.258. The monoisotopic (exact) mass is 289 g/mol. The van der Waals surface area contributed by atoms with Gasteiger partial charge in [-0.1, -0.05) is 12.1 Å². The van der Waals surface area contributed by atoms with Gasteiger partial charge in [0.25, 0.3) is 0 Å². The average Bonchev–Trinajstić information content (AvgIpc) is 2.80. The van der Waals surface area contributed by atoms with Gasteiger partial charge in [0, 0.05) is 13.7 Å². The molecule has 116 valence electrons. The van der Waals surface area contributed by atoms with Crippen LogP contribution in [0.15, 0.2) is 24.3 Å². The molecule has 2 rings (SSSR count). The molecule has 0 radical (unpaired) electrons. The zero-order valence-electron chi connectivity index (χ0n) is 13.6. The number of aryl methyl sites for hydroxylation is 1. The first-order chi connectivity index (χ1) is 10.1. The predicted molar refractivity (Wildman–Crippen MR) is 87.5 cm³/mol. The number of benzene rings is 1. The van der Waals surface area contributed by atoms with Crippen LogP contribution in [0.5, 0.6) is 0 Å². The molecule has 1 aromatic carbocycles. The first-order valence-electron chi connectivity index (χ1n) is 7.86. The first kappa shape index (κ1) is 16.0. The molecular formula is C17H27N3O. The van der Waals surface area contributed by atoms with E-state index in [4.69, 9.17) is 9.72 Å². The van der Waals surface area contributed by atoms with Crippen molar-refractivity contribution in [3.8, 4) is 0 Å². The Bertz CT molecular complexity index is 562. The van der Waals surface area contributed by atoms with Gasteiger partial charge in [-0.05, 0) is 52.3 Å². The number of ether oxygens (including phenoxy) is 1. The predicted octanol–water partition coefficient (Wildman–Crippen LogP) is 3.43. The van der Waals surface area contributed by atoms with Gasteiger partial charge < -0.3 is 14.6 Å². The second-order valence-corrected chi connectivity index (χ2v) is 5.82. The Labute approximate surface area is 127 Å². The van der Waals surface area contributed by atoms with Crippen LogP contribution >= 0.6 is 0 Å². The van der Waals surface area contributed by atoms with Gasteiger partial charge in [-0.25, -0.2) is 4.98 Å². The Morgan fingerprint density at radius 1 is 1.19 bits per heavy atom. The van der Waals surface area contributed by atoms with E-state index < -0.39 is 0 Å². The third-order valence-corrected chi connectivity index (χ3v) is 3.68. The maximum Gasteiger partial charge on any atom is 0.126 e. The molecule has 1 heterocycles. The summed E-state index contributed by atoms with van der Waals surface area (Å²) in [5.41, 5.74) is 2.25. The lowest BCUT2D eigenvalue weighted by atomic mass is 10.2. The molecular weight excluding hydrogens is 262 g/mol. The molecule has 0 saturated carbocycles. The molecule has 0 saturated heterocycles. The van der Waals surface area contributed by atoms with Gasteiger partial charge in [-0.15, -0.1) is 0 Å². The van der Waals surface area contributed by atoms with Crippen LogP contribution in [0.2, 0.25) is 0 Å². The van der Waals surface area contributed by atoms with Crippen molar-refractivity contribution >= 4 is 11.0 Å². The standard InChI is InChI=1S/C17H27N3O/c1-13(2)21-12-8-7-11-18-14(3)17-19-15-9-5-6-10-16(15)20(17)4/h5-6,9-10,13-14,18H,7-8,11-12H2,1-4H3. The highest BCUT2D eigenvalue weighted by molar-refractivity contribution is 5.75. The molecule has 0 fully saturated rings. The average molecular weight is 289 g/mol. The lowest BCUT2D eigenvalue weighted by Gasteiger charge is -2.14. The zero-order valence-corrected chi connectivity index (χ0v) is 13.6. The fourth-order valence-electron chi connectivity index (χ4n) is 2.51. The highest BCUT2D eigenvalue weighted by Gasteiger charge is 2.13. The van der Waals surface area contributed by atoms with E-state index >= 15 is 0 Å². The van der Waals surface area contributed by atoms with Crippen molar-refractivity contribution in [1.82, 2.24) is 14.9 Å². The van der Waals surface area contributed by atoms with Crippen molar-refractivity contribution in [2.75, 3.05) is 13.2 Å². The van der Waals surface area contributed by atoms with Gasteiger partial charge in [0.05, 0.1) is 23.2 Å². The second-order valence-electron chi connectivity index (χ2n) is 5.82. The van der Waals surface area contributed by atoms with E-state index in [0.717, 1.165) is 37.3 Å². The largest absolute Gasteiger partial charge is 0.379 e. The number of hydrogen-bond acceptors (Lipinski definition) is 3. The Hall–Kier alpha value is -1.39. The van der Waals surface area contributed by atoms with Crippen molar-refractivity contribution < 1.29 is 4.74 Å². The molecule has 1 aromatic heterocycles. The van der Waals surface area contributed by atoms with Crippen LogP contribution in [0, 0.1) is 0 Å². The Balaban J connectivity index is 1.82. The van der Waals surface area contributed by atoms with Gasteiger partial charge >= 0.3 is 0 Å². The molecule has 0 spiro atoms. The molecule has 1 N–H and O–H groups in total. The topological polar surface area (TPSA) is 39.1 Å². The van der Waals surface area contributed by atoms with Crippen molar-refractivity contribution in [1.29, 1.82) is 0 Å². The number of imidazole rings is 1. The molecule has 4 nitrogen and oxygen atoms in total. The fourth-order valence-corrected chi connectivity index (χ4v) is 2.51. The summed E-state index contributed by atoms with van der Waals surface area (Å²) in [7, 11) is 2.08. The number of aromatic nitrogens is 2. The van der Waals surface area contributed by atoms with E-state index in [1.165, 1.54) is 5.52 Å². The summed E-state index contributed by atoms with van der Waals surface area (Å²) in [5.74, 6) is 1.09. The number of unbranched alkanes of at least 4 members (excludes halogenated alkanes) is 1. The second kappa shape index (κ2) is 7.57. The molecule has 4 heteroatoms. The molecule has 0 aliphatic carbocycles.